The van der Waals surface area contributed by atoms with Gasteiger partial charge in [-0.25, -0.2) is 14.6 Å². The van der Waals surface area contributed by atoms with Gasteiger partial charge in [-0.1, -0.05) is 11.8 Å². The van der Waals surface area contributed by atoms with Gasteiger partial charge in [-0.15, -0.1) is 16.4 Å². The molecular weight excluding hydrogens is 306 g/mol. The Hall–Kier alpha value is -1.74. The fourth-order valence-corrected chi connectivity index (χ4v) is 3.87. The van der Waals surface area contributed by atoms with Crippen molar-refractivity contribution >= 4 is 39.1 Å². The van der Waals surface area contributed by atoms with Crippen molar-refractivity contribution in [3.8, 4) is 0 Å². The van der Waals surface area contributed by atoms with Crippen molar-refractivity contribution < 1.29 is 0 Å². The molecule has 3 aromatic heterocycles. The Morgan fingerprint density at radius 2 is 2.10 bits per heavy atom. The molecule has 3 aromatic rings. The van der Waals surface area contributed by atoms with Gasteiger partial charge in [-0.3, -0.25) is 0 Å². The lowest BCUT2D eigenvalue weighted by Gasteiger charge is -2.03. The third kappa shape index (κ3) is 2.58. The SMILES string of the molecule is CCn1nnnc1SCc1nc(N)c2c(C)c(C)sc2n1. The molecule has 3 heterocycles. The molecule has 2 N–H and O–H groups in total. The summed E-state index contributed by atoms with van der Waals surface area (Å²) >= 11 is 3.16. The monoisotopic (exact) mass is 321 g/mol. The minimum absolute atomic E-state index is 0.549. The zero-order valence-corrected chi connectivity index (χ0v) is 13.6. The molecule has 110 valence electrons. The van der Waals surface area contributed by atoms with E-state index in [1.54, 1.807) is 16.0 Å². The van der Waals surface area contributed by atoms with Gasteiger partial charge in [0.1, 0.15) is 16.5 Å². The highest BCUT2D eigenvalue weighted by molar-refractivity contribution is 7.98. The van der Waals surface area contributed by atoms with Crippen LogP contribution in [0.5, 0.6) is 0 Å². The Bertz CT molecular complexity index is 792. The lowest BCUT2D eigenvalue weighted by Crippen LogP contribution is -2.01. The predicted molar refractivity (Wildman–Crippen MR) is 84.4 cm³/mol. The van der Waals surface area contributed by atoms with Crippen LogP contribution in [0.2, 0.25) is 0 Å². The van der Waals surface area contributed by atoms with Crippen molar-refractivity contribution in [3.05, 3.63) is 16.3 Å². The normalized spacial score (nSPS) is 11.4. The number of anilines is 1. The van der Waals surface area contributed by atoms with Gasteiger partial charge in [0, 0.05) is 11.4 Å². The number of hydrogen-bond donors (Lipinski definition) is 1. The second kappa shape index (κ2) is 5.57. The predicted octanol–water partition coefficient (Wildman–Crippen LogP) is 2.19. The highest BCUT2D eigenvalue weighted by Crippen LogP contribution is 2.32. The van der Waals surface area contributed by atoms with Crippen molar-refractivity contribution in [2.45, 2.75) is 38.2 Å². The Labute approximate surface area is 130 Å². The third-order valence-corrected chi connectivity index (χ3v) is 5.29. The first-order chi connectivity index (χ1) is 10.1. The molecule has 3 rings (SSSR count). The van der Waals surface area contributed by atoms with Crippen LogP contribution in [0.15, 0.2) is 5.16 Å². The van der Waals surface area contributed by atoms with Gasteiger partial charge in [-0.05, 0) is 36.8 Å². The minimum Gasteiger partial charge on any atom is -0.383 e. The Morgan fingerprint density at radius 1 is 1.29 bits per heavy atom. The van der Waals surface area contributed by atoms with Crippen LogP contribution in [0.1, 0.15) is 23.2 Å². The van der Waals surface area contributed by atoms with Crippen molar-refractivity contribution in [1.82, 2.24) is 30.2 Å². The van der Waals surface area contributed by atoms with Crippen molar-refractivity contribution in [3.63, 3.8) is 0 Å². The zero-order valence-electron chi connectivity index (χ0n) is 12.0. The average Bonchev–Trinajstić information content (AvgIpc) is 3.02. The summed E-state index contributed by atoms with van der Waals surface area (Å²) in [6, 6.07) is 0. The highest BCUT2D eigenvalue weighted by atomic mass is 32.2. The Kier molecular flexibility index (Phi) is 3.77. The van der Waals surface area contributed by atoms with Crippen molar-refractivity contribution in [1.29, 1.82) is 0 Å². The summed E-state index contributed by atoms with van der Waals surface area (Å²) in [6.45, 7) is 6.86. The van der Waals surface area contributed by atoms with Crippen LogP contribution in [0.4, 0.5) is 5.82 Å². The molecule has 0 aliphatic heterocycles. The van der Waals surface area contributed by atoms with Crippen molar-refractivity contribution in [2.75, 3.05) is 5.73 Å². The smallest absolute Gasteiger partial charge is 0.209 e. The molecule has 0 amide bonds. The number of thiophene rings is 1. The molecular formula is C12H15N7S2. The van der Waals surface area contributed by atoms with Crippen LogP contribution in [0.3, 0.4) is 0 Å². The number of rotatable bonds is 4. The van der Waals surface area contributed by atoms with E-state index in [0.717, 1.165) is 21.9 Å². The van der Waals surface area contributed by atoms with Crippen LogP contribution in [0.25, 0.3) is 10.2 Å². The molecule has 0 saturated carbocycles. The molecule has 7 nitrogen and oxygen atoms in total. The van der Waals surface area contributed by atoms with Crippen LogP contribution in [-0.2, 0) is 12.3 Å². The Morgan fingerprint density at radius 3 is 2.86 bits per heavy atom. The number of nitrogen functional groups attached to an aromatic ring is 1. The van der Waals surface area contributed by atoms with E-state index in [1.807, 2.05) is 6.92 Å². The first-order valence-corrected chi connectivity index (χ1v) is 8.31. The fourth-order valence-electron chi connectivity index (χ4n) is 2.02. The molecule has 0 atom stereocenters. The van der Waals surface area contributed by atoms with E-state index in [1.165, 1.54) is 22.2 Å². The van der Waals surface area contributed by atoms with Gasteiger partial charge in [0.15, 0.2) is 0 Å². The first-order valence-electron chi connectivity index (χ1n) is 6.51. The van der Waals surface area contributed by atoms with E-state index in [4.69, 9.17) is 5.73 Å². The molecule has 0 saturated heterocycles. The molecule has 0 unspecified atom stereocenters. The molecule has 0 fully saturated rings. The maximum atomic E-state index is 6.08. The van der Waals surface area contributed by atoms with E-state index in [0.29, 0.717) is 17.4 Å². The van der Waals surface area contributed by atoms with Gasteiger partial charge in [0.05, 0.1) is 11.1 Å². The van der Waals surface area contributed by atoms with Gasteiger partial charge in [0.2, 0.25) is 5.16 Å². The topological polar surface area (TPSA) is 95.4 Å². The van der Waals surface area contributed by atoms with E-state index in [-0.39, 0.29) is 0 Å². The van der Waals surface area contributed by atoms with Crippen LogP contribution in [0, 0.1) is 13.8 Å². The summed E-state index contributed by atoms with van der Waals surface area (Å²) in [5, 5.41) is 13.3. The molecule has 0 spiro atoms. The number of aromatic nitrogens is 6. The number of fused-ring (bicyclic) bond motifs is 1. The number of hydrogen-bond acceptors (Lipinski definition) is 8. The van der Waals surface area contributed by atoms with E-state index >= 15 is 0 Å². The average molecular weight is 321 g/mol. The third-order valence-electron chi connectivity index (χ3n) is 3.23. The quantitative estimate of drug-likeness (QED) is 0.736. The number of nitrogens with zero attached hydrogens (tertiary/aromatic N) is 6. The summed E-state index contributed by atoms with van der Waals surface area (Å²) in [4.78, 5) is 11.2. The summed E-state index contributed by atoms with van der Waals surface area (Å²) in [5.74, 6) is 1.85. The molecule has 0 radical (unpaired) electrons. The number of aryl methyl sites for hydroxylation is 3. The van der Waals surface area contributed by atoms with Gasteiger partial charge >= 0.3 is 0 Å². The summed E-state index contributed by atoms with van der Waals surface area (Å²) in [7, 11) is 0. The number of nitrogens with two attached hydrogens (primary N) is 1. The summed E-state index contributed by atoms with van der Waals surface area (Å²) < 4.78 is 1.74. The number of thioether (sulfide) groups is 1. The molecule has 0 aliphatic carbocycles. The molecule has 21 heavy (non-hydrogen) atoms. The second-order valence-corrected chi connectivity index (χ2v) is 6.70. The molecule has 0 aliphatic rings. The second-order valence-electron chi connectivity index (χ2n) is 4.55. The Balaban J connectivity index is 1.88. The molecule has 0 bridgehead atoms. The standard InChI is InChI=1S/C12H15N7S2/c1-4-19-12(16-17-18-19)20-5-8-14-10(13)9-6(2)7(3)21-11(9)15-8/h4-5H2,1-3H3,(H2,13,14,15). The minimum atomic E-state index is 0.549. The summed E-state index contributed by atoms with van der Waals surface area (Å²) in [6.07, 6.45) is 0. The lowest BCUT2D eigenvalue weighted by atomic mass is 10.2. The molecule has 9 heteroatoms. The first kappa shape index (κ1) is 14.2. The lowest BCUT2D eigenvalue weighted by molar-refractivity contribution is 0.581. The van der Waals surface area contributed by atoms with E-state index in [2.05, 4.69) is 39.3 Å². The van der Waals surface area contributed by atoms with E-state index < -0.39 is 0 Å². The maximum Gasteiger partial charge on any atom is 0.209 e. The zero-order chi connectivity index (χ0) is 15.0. The number of tetrazole rings is 1. The summed E-state index contributed by atoms with van der Waals surface area (Å²) in [5.41, 5.74) is 7.25. The van der Waals surface area contributed by atoms with Crippen molar-refractivity contribution in [2.24, 2.45) is 0 Å². The van der Waals surface area contributed by atoms with Gasteiger partial charge < -0.3 is 5.73 Å². The molecule has 0 aromatic carbocycles. The van der Waals surface area contributed by atoms with Crippen LogP contribution < -0.4 is 5.73 Å². The van der Waals surface area contributed by atoms with Crippen LogP contribution in [-0.4, -0.2) is 30.2 Å². The van der Waals surface area contributed by atoms with E-state index in [9.17, 15) is 0 Å². The largest absolute Gasteiger partial charge is 0.383 e. The maximum absolute atomic E-state index is 6.08. The van der Waals surface area contributed by atoms with Gasteiger partial charge in [-0.2, -0.15) is 0 Å². The fraction of sp³-hybridized carbons (Fsp3) is 0.417. The van der Waals surface area contributed by atoms with Crippen LogP contribution >= 0.6 is 23.1 Å². The highest BCUT2D eigenvalue weighted by Gasteiger charge is 2.13. The van der Waals surface area contributed by atoms with Gasteiger partial charge in [0.25, 0.3) is 0 Å².